The molecule has 122 valence electrons. The Morgan fingerprint density at radius 3 is 1.55 bits per heavy atom. The first kappa shape index (κ1) is 23.9. The Morgan fingerprint density at radius 2 is 1.30 bits per heavy atom. The van der Waals surface area contributed by atoms with Crippen LogP contribution < -0.4 is 0 Å². The van der Waals surface area contributed by atoms with E-state index in [-0.39, 0.29) is 18.1 Å². The summed E-state index contributed by atoms with van der Waals surface area (Å²) in [5.74, 6) is -1.67. The molecule has 0 aromatic rings. The molecular formula is C14H30O6. The number of carboxylic acid groups (broad SMARTS) is 2. The summed E-state index contributed by atoms with van der Waals surface area (Å²) in [4.78, 5) is 18.0. The van der Waals surface area contributed by atoms with Crippen molar-refractivity contribution >= 4 is 11.9 Å². The van der Waals surface area contributed by atoms with Crippen LogP contribution in [0.2, 0.25) is 0 Å². The van der Waals surface area contributed by atoms with Crippen molar-refractivity contribution in [3.8, 4) is 0 Å². The second-order valence-corrected chi connectivity index (χ2v) is 5.49. The van der Waals surface area contributed by atoms with Gasteiger partial charge in [-0.1, -0.05) is 33.6 Å². The molecule has 4 N–H and O–H groups in total. The molecule has 1 atom stereocenters. The second kappa shape index (κ2) is 14.3. The molecule has 0 spiro atoms. The number of unbranched alkanes of at least 4 members (excludes halogenated alkanes) is 2. The fraction of sp³-hybridized carbons (Fsp3) is 0.857. The molecule has 1 unspecified atom stereocenters. The third-order valence-corrected chi connectivity index (χ3v) is 2.14. The maximum atomic E-state index is 9.62. The van der Waals surface area contributed by atoms with Crippen molar-refractivity contribution in [2.75, 3.05) is 6.61 Å². The number of aliphatic hydroxyl groups excluding tert-OH is 2. The Balaban J connectivity index is -0.000000297. The number of hydrogen-bond donors (Lipinski definition) is 4. The van der Waals surface area contributed by atoms with E-state index >= 15 is 0 Å². The van der Waals surface area contributed by atoms with Crippen molar-refractivity contribution in [1.82, 2.24) is 0 Å². The first-order valence-electron chi connectivity index (χ1n) is 6.63. The summed E-state index contributed by atoms with van der Waals surface area (Å²) in [6, 6.07) is 0. The molecule has 0 aliphatic heterocycles. The predicted molar refractivity (Wildman–Crippen MR) is 77.6 cm³/mol. The standard InChI is InChI=1S/C10H22O2.2C2H4O2/c1-10(2,3)9(12)7-5-4-6-8-11;2*1-2(3)4/h9,11-12H,4-8H2,1-3H3;2*1H3,(H,3,4). The quantitative estimate of drug-likeness (QED) is 0.577. The van der Waals surface area contributed by atoms with Crippen molar-refractivity contribution in [3.63, 3.8) is 0 Å². The highest BCUT2D eigenvalue weighted by atomic mass is 16.4. The number of carboxylic acids is 2. The molecule has 0 saturated carbocycles. The molecule has 20 heavy (non-hydrogen) atoms. The van der Waals surface area contributed by atoms with E-state index in [1.165, 1.54) is 0 Å². The van der Waals surface area contributed by atoms with Gasteiger partial charge in [-0.15, -0.1) is 0 Å². The van der Waals surface area contributed by atoms with E-state index in [0.29, 0.717) is 0 Å². The van der Waals surface area contributed by atoms with Crippen LogP contribution >= 0.6 is 0 Å². The largest absolute Gasteiger partial charge is 0.481 e. The summed E-state index contributed by atoms with van der Waals surface area (Å²) in [6.07, 6.45) is 3.53. The Hall–Kier alpha value is -1.14. The van der Waals surface area contributed by atoms with E-state index in [1.807, 2.05) is 20.8 Å². The zero-order valence-electron chi connectivity index (χ0n) is 13.2. The van der Waals surface area contributed by atoms with E-state index < -0.39 is 11.9 Å². The molecule has 6 heteroatoms. The van der Waals surface area contributed by atoms with Crippen LogP contribution in [0.15, 0.2) is 0 Å². The van der Waals surface area contributed by atoms with E-state index in [2.05, 4.69) is 0 Å². The van der Waals surface area contributed by atoms with Gasteiger partial charge in [0.15, 0.2) is 0 Å². The first-order valence-corrected chi connectivity index (χ1v) is 6.63. The molecule has 0 aliphatic rings. The summed E-state index contributed by atoms with van der Waals surface area (Å²) >= 11 is 0. The number of rotatable bonds is 5. The molecule has 0 amide bonds. The monoisotopic (exact) mass is 294 g/mol. The molecule has 0 heterocycles. The van der Waals surface area contributed by atoms with Gasteiger partial charge in [-0.2, -0.15) is 0 Å². The summed E-state index contributed by atoms with van der Waals surface area (Å²) < 4.78 is 0. The highest BCUT2D eigenvalue weighted by molar-refractivity contribution is 5.63. The van der Waals surface area contributed by atoms with Gasteiger partial charge in [0, 0.05) is 20.5 Å². The van der Waals surface area contributed by atoms with Gasteiger partial charge in [-0.3, -0.25) is 9.59 Å². The third-order valence-electron chi connectivity index (χ3n) is 2.14. The molecular weight excluding hydrogens is 264 g/mol. The van der Waals surface area contributed by atoms with Crippen molar-refractivity contribution in [2.45, 2.75) is 66.4 Å². The number of hydrogen-bond acceptors (Lipinski definition) is 4. The van der Waals surface area contributed by atoms with Gasteiger partial charge in [0.25, 0.3) is 11.9 Å². The minimum atomic E-state index is -0.833. The van der Waals surface area contributed by atoms with Crippen molar-refractivity contribution in [1.29, 1.82) is 0 Å². The smallest absolute Gasteiger partial charge is 0.300 e. The zero-order valence-corrected chi connectivity index (χ0v) is 13.2. The summed E-state index contributed by atoms with van der Waals surface area (Å²) in [6.45, 7) is 8.57. The van der Waals surface area contributed by atoms with Gasteiger partial charge in [-0.05, 0) is 18.3 Å². The van der Waals surface area contributed by atoms with Crippen molar-refractivity contribution in [2.24, 2.45) is 5.41 Å². The van der Waals surface area contributed by atoms with Crippen LogP contribution in [0.4, 0.5) is 0 Å². The minimum Gasteiger partial charge on any atom is -0.481 e. The van der Waals surface area contributed by atoms with Crippen LogP contribution in [0.25, 0.3) is 0 Å². The van der Waals surface area contributed by atoms with Gasteiger partial charge in [0.05, 0.1) is 6.10 Å². The summed E-state index contributed by atoms with van der Waals surface area (Å²) in [5, 5.41) is 33.0. The number of carbonyl (C=O) groups is 2. The van der Waals surface area contributed by atoms with Crippen LogP contribution in [0, 0.1) is 5.41 Å². The van der Waals surface area contributed by atoms with Gasteiger partial charge in [0.1, 0.15) is 0 Å². The maximum Gasteiger partial charge on any atom is 0.300 e. The number of aliphatic hydroxyl groups is 2. The lowest BCUT2D eigenvalue weighted by atomic mass is 9.86. The van der Waals surface area contributed by atoms with Crippen molar-refractivity contribution < 1.29 is 30.0 Å². The van der Waals surface area contributed by atoms with E-state index in [4.69, 9.17) is 24.9 Å². The molecule has 0 aromatic carbocycles. The predicted octanol–water partition coefficient (Wildman–Crippen LogP) is 2.13. The average molecular weight is 294 g/mol. The number of aliphatic carboxylic acids is 2. The molecule has 0 aliphatic carbocycles. The lowest BCUT2D eigenvalue weighted by Gasteiger charge is -2.25. The molecule has 0 rings (SSSR count). The Morgan fingerprint density at radius 1 is 0.950 bits per heavy atom. The topological polar surface area (TPSA) is 115 Å². The fourth-order valence-corrected chi connectivity index (χ4v) is 1.06. The fourth-order valence-electron chi connectivity index (χ4n) is 1.06. The van der Waals surface area contributed by atoms with E-state index in [0.717, 1.165) is 39.5 Å². The summed E-state index contributed by atoms with van der Waals surface area (Å²) in [7, 11) is 0. The minimum absolute atomic E-state index is 0.000779. The normalized spacial score (nSPS) is 11.3. The van der Waals surface area contributed by atoms with E-state index in [1.54, 1.807) is 0 Å². The van der Waals surface area contributed by atoms with Crippen LogP contribution in [-0.4, -0.2) is 45.1 Å². The second-order valence-electron chi connectivity index (χ2n) is 5.49. The Kier molecular flexibility index (Phi) is 17.1. The van der Waals surface area contributed by atoms with Crippen LogP contribution in [0.1, 0.15) is 60.3 Å². The first-order chi connectivity index (χ1) is 8.95. The van der Waals surface area contributed by atoms with Crippen LogP contribution in [0.5, 0.6) is 0 Å². The molecule has 0 saturated heterocycles. The molecule has 6 nitrogen and oxygen atoms in total. The SMILES string of the molecule is CC(=O)O.CC(=O)O.CC(C)(C)C(O)CCCCCO. The molecule has 0 fully saturated rings. The lowest BCUT2D eigenvalue weighted by Crippen LogP contribution is -2.25. The molecule has 0 aromatic heterocycles. The highest BCUT2D eigenvalue weighted by Crippen LogP contribution is 2.23. The van der Waals surface area contributed by atoms with Gasteiger partial charge in [0.2, 0.25) is 0 Å². The Bertz CT molecular complexity index is 225. The average Bonchev–Trinajstić information content (AvgIpc) is 2.21. The lowest BCUT2D eigenvalue weighted by molar-refractivity contribution is -0.135. The highest BCUT2D eigenvalue weighted by Gasteiger charge is 2.20. The van der Waals surface area contributed by atoms with Gasteiger partial charge >= 0.3 is 0 Å². The van der Waals surface area contributed by atoms with Gasteiger partial charge < -0.3 is 20.4 Å². The van der Waals surface area contributed by atoms with Crippen molar-refractivity contribution in [3.05, 3.63) is 0 Å². The van der Waals surface area contributed by atoms with Gasteiger partial charge in [-0.25, -0.2) is 0 Å². The third kappa shape index (κ3) is 36.0. The summed E-state index contributed by atoms with van der Waals surface area (Å²) in [5.41, 5.74) is -0.000779. The van der Waals surface area contributed by atoms with Crippen LogP contribution in [0.3, 0.4) is 0 Å². The Labute approximate surface area is 121 Å². The van der Waals surface area contributed by atoms with Crippen LogP contribution in [-0.2, 0) is 9.59 Å². The molecule has 0 bridgehead atoms. The maximum absolute atomic E-state index is 9.62. The molecule has 0 radical (unpaired) electrons. The van der Waals surface area contributed by atoms with E-state index in [9.17, 15) is 5.11 Å². The zero-order chi connectivity index (χ0) is 16.8.